The number of hydrogen-bond donors (Lipinski definition) is 3. The van der Waals surface area contributed by atoms with Crippen molar-refractivity contribution >= 4 is 57.3 Å². The highest BCUT2D eigenvalue weighted by Gasteiger charge is 2.27. The second-order valence-corrected chi connectivity index (χ2v) is 8.63. The molecule has 0 aliphatic carbocycles. The molecule has 1 saturated heterocycles. The van der Waals surface area contributed by atoms with E-state index in [9.17, 15) is 14.4 Å². The fourth-order valence-electron chi connectivity index (χ4n) is 3.79. The lowest BCUT2D eigenvalue weighted by Gasteiger charge is -2.32. The Kier molecular flexibility index (Phi) is 5.76. The number of benzene rings is 2. The summed E-state index contributed by atoms with van der Waals surface area (Å²) in [5, 5.41) is 5.53. The smallest absolute Gasteiger partial charge is 0.260 e. The van der Waals surface area contributed by atoms with Crippen LogP contribution in [0.2, 0.25) is 0 Å². The van der Waals surface area contributed by atoms with E-state index < -0.39 is 5.91 Å². The minimum atomic E-state index is -0.420. The number of amides is 3. The predicted molar refractivity (Wildman–Crippen MR) is 124 cm³/mol. The largest absolute Gasteiger partial charge is 0.371 e. The molecule has 0 atom stereocenters. The van der Waals surface area contributed by atoms with E-state index in [4.69, 9.17) is 5.73 Å². The summed E-state index contributed by atoms with van der Waals surface area (Å²) in [4.78, 5) is 38.0. The van der Waals surface area contributed by atoms with Crippen LogP contribution in [0.1, 0.15) is 28.8 Å². The Morgan fingerprint density at radius 2 is 1.77 bits per heavy atom. The number of nitrogens with two attached hydrogens (primary N) is 1. The Morgan fingerprint density at radius 3 is 2.43 bits per heavy atom. The van der Waals surface area contributed by atoms with Gasteiger partial charge in [-0.3, -0.25) is 19.7 Å². The number of carbonyl (C=O) groups is 3. The summed E-state index contributed by atoms with van der Waals surface area (Å²) in [6, 6.07) is 13.3. The van der Waals surface area contributed by atoms with Gasteiger partial charge in [0.25, 0.3) is 11.8 Å². The quantitative estimate of drug-likeness (QED) is 0.330. The molecule has 154 valence electrons. The SMILES string of the molecule is NC(=O)C1CCN(c2ccc(N/C=C3\C(=O)NC(=O)c4ccc(I)cc43)cc2)CC1. The summed E-state index contributed by atoms with van der Waals surface area (Å²) in [5.74, 6) is -1.05. The van der Waals surface area contributed by atoms with E-state index in [0.717, 1.165) is 40.9 Å². The first-order valence-electron chi connectivity index (χ1n) is 9.69. The Balaban J connectivity index is 1.48. The molecule has 2 aliphatic rings. The molecule has 8 heteroatoms. The number of primary amides is 1. The highest BCUT2D eigenvalue weighted by Crippen LogP contribution is 2.27. The number of imide groups is 1. The van der Waals surface area contributed by atoms with Crippen molar-refractivity contribution in [3.05, 3.63) is 63.4 Å². The molecule has 1 fully saturated rings. The Hall–Kier alpha value is -2.88. The molecule has 2 aliphatic heterocycles. The van der Waals surface area contributed by atoms with Gasteiger partial charge in [-0.1, -0.05) is 0 Å². The monoisotopic (exact) mass is 516 g/mol. The van der Waals surface area contributed by atoms with Crippen LogP contribution >= 0.6 is 22.6 Å². The summed E-state index contributed by atoms with van der Waals surface area (Å²) in [5.41, 5.74) is 8.84. The molecule has 2 aromatic carbocycles. The number of rotatable bonds is 4. The maximum atomic E-state index is 12.4. The zero-order valence-corrected chi connectivity index (χ0v) is 18.3. The normalized spacial score (nSPS) is 18.2. The molecular weight excluding hydrogens is 495 g/mol. The summed E-state index contributed by atoms with van der Waals surface area (Å²) >= 11 is 2.16. The third-order valence-corrected chi connectivity index (χ3v) is 6.17. The lowest BCUT2D eigenvalue weighted by atomic mass is 9.95. The number of halogens is 1. The van der Waals surface area contributed by atoms with Crippen molar-refractivity contribution in [3.63, 3.8) is 0 Å². The van der Waals surface area contributed by atoms with Gasteiger partial charge in [-0.25, -0.2) is 0 Å². The van der Waals surface area contributed by atoms with Crippen molar-refractivity contribution in [2.75, 3.05) is 23.3 Å². The third kappa shape index (κ3) is 4.18. The maximum Gasteiger partial charge on any atom is 0.260 e. The number of piperidine rings is 1. The van der Waals surface area contributed by atoms with Gasteiger partial charge in [-0.15, -0.1) is 0 Å². The van der Waals surface area contributed by atoms with E-state index in [1.54, 1.807) is 12.3 Å². The van der Waals surface area contributed by atoms with Gasteiger partial charge in [0.1, 0.15) is 0 Å². The number of anilines is 2. The average molecular weight is 516 g/mol. The molecule has 2 heterocycles. The van der Waals surface area contributed by atoms with Gasteiger partial charge in [0, 0.05) is 51.3 Å². The fraction of sp³-hybridized carbons (Fsp3) is 0.227. The zero-order valence-electron chi connectivity index (χ0n) is 16.2. The summed E-state index contributed by atoms with van der Waals surface area (Å²) < 4.78 is 0.948. The van der Waals surface area contributed by atoms with E-state index in [-0.39, 0.29) is 17.7 Å². The first-order chi connectivity index (χ1) is 14.4. The molecule has 0 saturated carbocycles. The molecule has 4 N–H and O–H groups in total. The van der Waals surface area contributed by atoms with E-state index in [1.807, 2.05) is 36.4 Å². The van der Waals surface area contributed by atoms with E-state index in [1.165, 1.54) is 0 Å². The Labute approximate surface area is 187 Å². The molecule has 0 radical (unpaired) electrons. The minimum Gasteiger partial charge on any atom is -0.371 e. The molecule has 0 spiro atoms. The molecule has 0 aromatic heterocycles. The molecule has 4 rings (SSSR count). The molecule has 2 aromatic rings. The standard InChI is InChI=1S/C22H21IN4O3/c23-14-1-6-17-18(11-14)19(22(30)26-21(17)29)12-25-15-2-4-16(5-3-15)27-9-7-13(8-10-27)20(24)28/h1-6,11-13,25H,7-10H2,(H2,24,28)(H,26,29,30)/b19-12-. The van der Waals surface area contributed by atoms with Crippen molar-refractivity contribution in [1.82, 2.24) is 5.32 Å². The number of fused-ring (bicyclic) bond motifs is 1. The van der Waals surface area contributed by atoms with Gasteiger partial charge in [0.15, 0.2) is 0 Å². The van der Waals surface area contributed by atoms with Crippen LogP contribution in [0.4, 0.5) is 11.4 Å². The first kappa shape index (κ1) is 20.4. The predicted octanol–water partition coefficient (Wildman–Crippen LogP) is 2.72. The van der Waals surface area contributed by atoms with Gasteiger partial charge in [-0.05, 0) is 77.9 Å². The van der Waals surface area contributed by atoms with Crippen LogP contribution in [0.15, 0.2) is 48.7 Å². The van der Waals surface area contributed by atoms with Gasteiger partial charge in [-0.2, -0.15) is 0 Å². The number of carbonyl (C=O) groups excluding carboxylic acids is 3. The van der Waals surface area contributed by atoms with Gasteiger partial charge >= 0.3 is 0 Å². The van der Waals surface area contributed by atoms with Gasteiger partial charge < -0.3 is 16.0 Å². The Morgan fingerprint density at radius 1 is 1.07 bits per heavy atom. The molecular formula is C22H21IN4O3. The maximum absolute atomic E-state index is 12.4. The van der Waals surface area contributed by atoms with E-state index in [2.05, 4.69) is 38.1 Å². The second kappa shape index (κ2) is 8.47. The van der Waals surface area contributed by atoms with Crippen LogP contribution in [0.3, 0.4) is 0 Å². The van der Waals surface area contributed by atoms with Gasteiger partial charge in [0.05, 0.1) is 5.57 Å². The summed E-state index contributed by atoms with van der Waals surface area (Å²) in [6.07, 6.45) is 3.17. The third-order valence-electron chi connectivity index (χ3n) is 5.50. The van der Waals surface area contributed by atoms with E-state index >= 15 is 0 Å². The zero-order chi connectivity index (χ0) is 21.3. The van der Waals surface area contributed by atoms with Crippen molar-refractivity contribution < 1.29 is 14.4 Å². The summed E-state index contributed by atoms with van der Waals surface area (Å²) in [7, 11) is 0. The van der Waals surface area contributed by atoms with Crippen molar-refractivity contribution in [3.8, 4) is 0 Å². The number of hydrogen-bond acceptors (Lipinski definition) is 5. The highest BCUT2D eigenvalue weighted by atomic mass is 127. The van der Waals surface area contributed by atoms with Crippen LogP contribution in [0.25, 0.3) is 5.57 Å². The fourth-order valence-corrected chi connectivity index (χ4v) is 4.28. The first-order valence-corrected chi connectivity index (χ1v) is 10.8. The van der Waals surface area contributed by atoms with Crippen LogP contribution in [0, 0.1) is 9.49 Å². The molecule has 30 heavy (non-hydrogen) atoms. The molecule has 7 nitrogen and oxygen atoms in total. The average Bonchev–Trinajstić information content (AvgIpc) is 2.74. The van der Waals surface area contributed by atoms with Crippen molar-refractivity contribution in [1.29, 1.82) is 0 Å². The Bertz CT molecular complexity index is 1040. The van der Waals surface area contributed by atoms with Gasteiger partial charge in [0.2, 0.25) is 5.91 Å². The number of nitrogens with one attached hydrogen (secondary N) is 2. The lowest BCUT2D eigenvalue weighted by molar-refractivity contribution is -0.122. The van der Waals surface area contributed by atoms with Crippen LogP contribution in [-0.2, 0) is 9.59 Å². The van der Waals surface area contributed by atoms with Crippen molar-refractivity contribution in [2.45, 2.75) is 12.8 Å². The molecule has 0 bridgehead atoms. The van der Waals surface area contributed by atoms with E-state index in [0.29, 0.717) is 16.7 Å². The number of nitrogens with zero attached hydrogens (tertiary/aromatic N) is 1. The van der Waals surface area contributed by atoms with Crippen LogP contribution < -0.4 is 21.3 Å². The topological polar surface area (TPSA) is 105 Å². The second-order valence-electron chi connectivity index (χ2n) is 7.39. The molecule has 0 unspecified atom stereocenters. The highest BCUT2D eigenvalue weighted by molar-refractivity contribution is 14.1. The lowest BCUT2D eigenvalue weighted by Crippen LogP contribution is -2.38. The summed E-state index contributed by atoms with van der Waals surface area (Å²) in [6.45, 7) is 1.60. The molecule has 3 amide bonds. The van der Waals surface area contributed by atoms with Crippen LogP contribution in [-0.4, -0.2) is 30.8 Å². The minimum absolute atomic E-state index is 0.0340. The van der Waals surface area contributed by atoms with Crippen LogP contribution in [0.5, 0.6) is 0 Å². The van der Waals surface area contributed by atoms with Crippen molar-refractivity contribution in [2.24, 2.45) is 11.7 Å².